The molecule has 0 radical (unpaired) electrons. The number of carboxylic acids is 1. The summed E-state index contributed by atoms with van der Waals surface area (Å²) in [6.45, 7) is 6.75. The van der Waals surface area contributed by atoms with Crippen LogP contribution in [0.5, 0.6) is 0 Å². The molecule has 2 aromatic rings. The van der Waals surface area contributed by atoms with Crippen LogP contribution in [-0.4, -0.2) is 55.0 Å². The fourth-order valence-corrected chi connectivity index (χ4v) is 4.06. The molecule has 2 atom stereocenters. The van der Waals surface area contributed by atoms with Gasteiger partial charge in [0.2, 0.25) is 0 Å². The summed E-state index contributed by atoms with van der Waals surface area (Å²) in [5, 5.41) is 10.1. The Morgan fingerprint density at radius 2 is 1.73 bits per heavy atom. The highest BCUT2D eigenvalue weighted by Crippen LogP contribution is 2.29. The average Bonchev–Trinajstić information content (AvgIpc) is 2.74. The highest BCUT2D eigenvalue weighted by Gasteiger charge is 2.26. The Hall–Kier alpha value is -1.92. The Morgan fingerprint density at radius 1 is 1.10 bits per heavy atom. The highest BCUT2D eigenvalue weighted by atomic mass is 35.5. The van der Waals surface area contributed by atoms with Gasteiger partial charge in [0, 0.05) is 37.2 Å². The maximum absolute atomic E-state index is 11.5. The molecule has 1 fully saturated rings. The lowest BCUT2D eigenvalue weighted by molar-refractivity contribution is -0.140. The van der Waals surface area contributed by atoms with Gasteiger partial charge in [0.25, 0.3) is 0 Å². The van der Waals surface area contributed by atoms with Gasteiger partial charge in [-0.25, -0.2) is 0 Å². The first kappa shape index (κ1) is 22.8. The molecular formula is C24H30ClNO4. The van der Waals surface area contributed by atoms with Crippen molar-refractivity contribution in [2.24, 2.45) is 0 Å². The Morgan fingerprint density at radius 3 is 2.33 bits per heavy atom. The van der Waals surface area contributed by atoms with Crippen molar-refractivity contribution in [3.8, 4) is 0 Å². The molecular weight excluding hydrogens is 402 g/mol. The van der Waals surface area contributed by atoms with E-state index in [0.717, 1.165) is 44.0 Å². The maximum atomic E-state index is 11.5. The number of morpholine rings is 1. The van der Waals surface area contributed by atoms with E-state index in [4.69, 9.17) is 21.1 Å². The Kier molecular flexibility index (Phi) is 8.70. The first-order valence-corrected chi connectivity index (χ1v) is 10.9. The third kappa shape index (κ3) is 6.81. The summed E-state index contributed by atoms with van der Waals surface area (Å²) >= 11 is 6.03. The van der Waals surface area contributed by atoms with Gasteiger partial charge in [0.05, 0.1) is 25.7 Å². The zero-order valence-electron chi connectivity index (χ0n) is 17.4. The molecule has 6 heteroatoms. The monoisotopic (exact) mass is 431 g/mol. The average molecular weight is 432 g/mol. The first-order chi connectivity index (χ1) is 14.5. The van der Waals surface area contributed by atoms with E-state index in [-0.39, 0.29) is 12.3 Å². The lowest BCUT2D eigenvalue weighted by atomic mass is 9.85. The van der Waals surface area contributed by atoms with Gasteiger partial charge in [0.15, 0.2) is 0 Å². The normalized spacial score (nSPS) is 16.9. The van der Waals surface area contributed by atoms with Crippen molar-refractivity contribution >= 4 is 17.6 Å². The number of rotatable bonds is 10. The van der Waals surface area contributed by atoms with Crippen LogP contribution in [0.3, 0.4) is 0 Å². The van der Waals surface area contributed by atoms with E-state index in [1.54, 1.807) is 0 Å². The van der Waals surface area contributed by atoms with Crippen LogP contribution in [0.1, 0.15) is 36.0 Å². The Labute approximate surface area is 183 Å². The van der Waals surface area contributed by atoms with Crippen molar-refractivity contribution in [1.29, 1.82) is 0 Å². The van der Waals surface area contributed by atoms with Gasteiger partial charge in [-0.1, -0.05) is 48.0 Å². The predicted octanol–water partition coefficient (Wildman–Crippen LogP) is 4.38. The predicted molar refractivity (Wildman–Crippen MR) is 118 cm³/mol. The Bertz CT molecular complexity index is 788. The molecule has 1 aliphatic rings. The minimum absolute atomic E-state index is 0.0262. The highest BCUT2D eigenvalue weighted by molar-refractivity contribution is 6.30. The van der Waals surface area contributed by atoms with Gasteiger partial charge in [0.1, 0.15) is 0 Å². The van der Waals surface area contributed by atoms with Gasteiger partial charge in [-0.3, -0.25) is 9.69 Å². The van der Waals surface area contributed by atoms with Crippen molar-refractivity contribution in [2.75, 3.05) is 32.9 Å². The van der Waals surface area contributed by atoms with Crippen molar-refractivity contribution in [3.63, 3.8) is 0 Å². The molecule has 0 saturated carbocycles. The smallest absolute Gasteiger partial charge is 0.306 e. The molecule has 1 saturated heterocycles. The summed E-state index contributed by atoms with van der Waals surface area (Å²) in [7, 11) is 0. The molecule has 0 spiro atoms. The first-order valence-electron chi connectivity index (χ1n) is 10.5. The number of hydrogen-bond acceptors (Lipinski definition) is 4. The number of aliphatic carboxylic acids is 1. The third-order valence-electron chi connectivity index (χ3n) is 5.49. The quantitative estimate of drug-likeness (QED) is 0.605. The molecule has 162 valence electrons. The van der Waals surface area contributed by atoms with Crippen LogP contribution in [0.15, 0.2) is 48.5 Å². The molecule has 1 aliphatic heterocycles. The van der Waals surface area contributed by atoms with E-state index >= 15 is 0 Å². The Balaban J connectivity index is 1.80. The molecule has 3 rings (SSSR count). The summed E-state index contributed by atoms with van der Waals surface area (Å²) in [4.78, 5) is 13.9. The molecule has 5 nitrogen and oxygen atoms in total. The molecule has 30 heavy (non-hydrogen) atoms. The second kappa shape index (κ2) is 11.5. The topological polar surface area (TPSA) is 59.0 Å². The van der Waals surface area contributed by atoms with E-state index in [1.165, 1.54) is 5.56 Å². The third-order valence-corrected chi connectivity index (χ3v) is 5.74. The van der Waals surface area contributed by atoms with Crippen molar-refractivity contribution in [2.45, 2.75) is 38.3 Å². The molecule has 2 aromatic carbocycles. The SMILES string of the molecule is CCO[C@H](CC(=O)O)[C@H](Cc1ccc(Cl)cc1)c1ccc(CN2CCOCC2)cc1. The van der Waals surface area contributed by atoms with Crippen LogP contribution in [0, 0.1) is 0 Å². The van der Waals surface area contributed by atoms with Gasteiger partial charge in [-0.05, 0) is 42.2 Å². The molecule has 0 unspecified atom stereocenters. The van der Waals surface area contributed by atoms with E-state index in [1.807, 2.05) is 31.2 Å². The van der Waals surface area contributed by atoms with Crippen LogP contribution in [-0.2, 0) is 27.2 Å². The van der Waals surface area contributed by atoms with Crippen LogP contribution in [0.4, 0.5) is 0 Å². The minimum atomic E-state index is -0.849. The minimum Gasteiger partial charge on any atom is -0.481 e. The second-order valence-electron chi connectivity index (χ2n) is 7.66. The van der Waals surface area contributed by atoms with Crippen LogP contribution in [0.2, 0.25) is 5.02 Å². The summed E-state index contributed by atoms with van der Waals surface area (Å²) in [6.07, 6.45) is 0.271. The summed E-state index contributed by atoms with van der Waals surface area (Å²) in [5.41, 5.74) is 3.45. The van der Waals surface area contributed by atoms with E-state index < -0.39 is 12.1 Å². The van der Waals surface area contributed by atoms with Gasteiger partial charge >= 0.3 is 5.97 Å². The zero-order chi connectivity index (χ0) is 21.3. The van der Waals surface area contributed by atoms with Gasteiger partial charge in [-0.2, -0.15) is 0 Å². The number of benzene rings is 2. The molecule has 0 amide bonds. The second-order valence-corrected chi connectivity index (χ2v) is 8.10. The summed E-state index contributed by atoms with van der Waals surface area (Å²) in [5.74, 6) is -0.904. The molecule has 0 aromatic heterocycles. The number of hydrogen-bond donors (Lipinski definition) is 1. The fraction of sp³-hybridized carbons (Fsp3) is 0.458. The number of nitrogens with zero attached hydrogens (tertiary/aromatic N) is 1. The number of carboxylic acid groups (broad SMARTS) is 1. The zero-order valence-corrected chi connectivity index (χ0v) is 18.2. The standard InChI is InChI=1S/C24H30ClNO4/c1-2-30-23(16-24(27)28)22(15-18-5-9-21(25)10-6-18)20-7-3-19(4-8-20)17-26-11-13-29-14-12-26/h3-10,22-23H,2,11-17H2,1H3,(H,27,28)/t22-,23-/m1/s1. The van der Waals surface area contributed by atoms with Crippen LogP contribution in [0.25, 0.3) is 0 Å². The number of carbonyl (C=O) groups is 1. The lowest BCUT2D eigenvalue weighted by Gasteiger charge is -2.28. The van der Waals surface area contributed by atoms with Gasteiger partial charge in [-0.15, -0.1) is 0 Å². The fourth-order valence-electron chi connectivity index (χ4n) is 3.93. The van der Waals surface area contributed by atoms with Crippen LogP contribution >= 0.6 is 11.6 Å². The molecule has 1 N–H and O–H groups in total. The van der Waals surface area contributed by atoms with Crippen LogP contribution < -0.4 is 0 Å². The van der Waals surface area contributed by atoms with E-state index in [2.05, 4.69) is 29.2 Å². The van der Waals surface area contributed by atoms with Crippen molar-refractivity contribution < 1.29 is 19.4 Å². The van der Waals surface area contributed by atoms with E-state index in [0.29, 0.717) is 18.1 Å². The number of ether oxygens (including phenoxy) is 2. The van der Waals surface area contributed by atoms with Gasteiger partial charge < -0.3 is 14.6 Å². The largest absolute Gasteiger partial charge is 0.481 e. The summed E-state index contributed by atoms with van der Waals surface area (Å²) < 4.78 is 11.3. The maximum Gasteiger partial charge on any atom is 0.306 e. The molecule has 0 aliphatic carbocycles. The van der Waals surface area contributed by atoms with Crippen molar-refractivity contribution in [1.82, 2.24) is 4.90 Å². The molecule has 0 bridgehead atoms. The van der Waals surface area contributed by atoms with E-state index in [9.17, 15) is 9.90 Å². The lowest BCUT2D eigenvalue weighted by Crippen LogP contribution is -2.35. The van der Waals surface area contributed by atoms with Crippen molar-refractivity contribution in [3.05, 3.63) is 70.2 Å². The molecule has 1 heterocycles. The number of halogens is 1. The summed E-state index contributed by atoms with van der Waals surface area (Å²) in [6, 6.07) is 16.2.